The van der Waals surface area contributed by atoms with Gasteiger partial charge in [0.1, 0.15) is 24.7 Å². The molecule has 1 aliphatic heterocycles. The fourth-order valence-corrected chi connectivity index (χ4v) is 8.03. The zero-order valence-corrected chi connectivity index (χ0v) is 29.3. The van der Waals surface area contributed by atoms with Crippen LogP contribution in [0.3, 0.4) is 0 Å². The minimum absolute atomic E-state index is 0.000263. The maximum atomic E-state index is 14.1. The summed E-state index contributed by atoms with van der Waals surface area (Å²) in [5.41, 5.74) is 8.69. The number of sulfonamides is 1. The van der Waals surface area contributed by atoms with Crippen LogP contribution < -0.4 is 20.5 Å². The minimum Gasteiger partial charge on any atom is -0.491 e. The second-order valence-electron chi connectivity index (χ2n) is 12.7. The quantitative estimate of drug-likeness (QED) is 0.0938. The van der Waals surface area contributed by atoms with Gasteiger partial charge in [0.2, 0.25) is 10.0 Å². The SMILES string of the molecule is COC(=O)CNCCCCc1cccc(S(=O)(=O)N2CC(Cc3ccccc3)C2(N)CC(O)COc2ccc(OCc3ccccc3)cc2)c1. The van der Waals surface area contributed by atoms with Crippen molar-refractivity contribution >= 4 is 16.0 Å². The standard InChI is InChI=1S/C39H47N3O7S/c1-47-38(44)26-41-22-9-8-13-31-16-10-17-37(24-31)50(45,46)42-27-33(23-30-11-4-2-5-12-30)39(42,40)25-34(43)29-49-36-20-18-35(19-21-36)48-28-32-14-6-3-7-15-32/h2-7,10-12,14-21,24,33-34,41,43H,8-9,13,22-23,25-29,40H2,1H3. The molecule has 4 N–H and O–H groups in total. The lowest BCUT2D eigenvalue weighted by atomic mass is 9.77. The van der Waals surface area contributed by atoms with Crippen LogP contribution in [0.5, 0.6) is 11.5 Å². The summed E-state index contributed by atoms with van der Waals surface area (Å²) in [7, 11) is -2.62. The van der Waals surface area contributed by atoms with Crippen LogP contribution in [0.15, 0.2) is 114 Å². The van der Waals surface area contributed by atoms with Crippen molar-refractivity contribution in [2.75, 3.05) is 33.4 Å². The molecule has 0 amide bonds. The summed E-state index contributed by atoms with van der Waals surface area (Å²) in [5.74, 6) is 0.721. The minimum atomic E-state index is -3.97. The first kappa shape index (κ1) is 37.0. The number of aryl methyl sites for hydroxylation is 1. The maximum Gasteiger partial charge on any atom is 0.319 e. The van der Waals surface area contributed by atoms with Gasteiger partial charge in [-0.25, -0.2) is 8.42 Å². The number of carbonyl (C=O) groups excluding carboxylic acids is 1. The molecule has 50 heavy (non-hydrogen) atoms. The molecule has 5 rings (SSSR count). The van der Waals surface area contributed by atoms with Crippen LogP contribution >= 0.6 is 0 Å². The summed E-state index contributed by atoms with van der Waals surface area (Å²) in [6.45, 7) is 1.44. The van der Waals surface area contributed by atoms with E-state index in [9.17, 15) is 18.3 Å². The third kappa shape index (κ3) is 9.92. The van der Waals surface area contributed by atoms with Gasteiger partial charge in [-0.2, -0.15) is 4.31 Å². The average Bonchev–Trinajstić information content (AvgIpc) is 3.14. The Balaban J connectivity index is 1.21. The zero-order chi connectivity index (χ0) is 35.4. The van der Waals surface area contributed by atoms with Crippen molar-refractivity contribution in [1.29, 1.82) is 0 Å². The fourth-order valence-electron chi connectivity index (χ4n) is 6.18. The zero-order valence-electron chi connectivity index (χ0n) is 28.4. The highest BCUT2D eigenvalue weighted by atomic mass is 32.2. The van der Waals surface area contributed by atoms with Crippen molar-refractivity contribution in [3.63, 3.8) is 0 Å². The van der Waals surface area contributed by atoms with E-state index in [4.69, 9.17) is 15.2 Å². The molecule has 11 heteroatoms. The maximum absolute atomic E-state index is 14.1. The van der Waals surface area contributed by atoms with Gasteiger partial charge in [-0.05, 0) is 85.3 Å². The summed E-state index contributed by atoms with van der Waals surface area (Å²) in [6.07, 6.45) is 1.87. The highest BCUT2D eigenvalue weighted by Crippen LogP contribution is 2.42. The number of ether oxygens (including phenoxy) is 3. The number of hydrogen-bond donors (Lipinski definition) is 3. The molecule has 0 aliphatic carbocycles. The van der Waals surface area contributed by atoms with Gasteiger partial charge in [0, 0.05) is 18.9 Å². The Labute approximate surface area is 295 Å². The first-order chi connectivity index (χ1) is 24.2. The van der Waals surface area contributed by atoms with Gasteiger partial charge in [-0.15, -0.1) is 0 Å². The van der Waals surface area contributed by atoms with Gasteiger partial charge in [-0.1, -0.05) is 72.8 Å². The number of nitrogens with zero attached hydrogens (tertiary/aromatic N) is 1. The van der Waals surface area contributed by atoms with E-state index in [0.717, 1.165) is 29.5 Å². The molecule has 1 fully saturated rings. The second kappa shape index (κ2) is 17.6. The van der Waals surface area contributed by atoms with Crippen molar-refractivity contribution in [2.24, 2.45) is 11.7 Å². The van der Waals surface area contributed by atoms with Crippen LogP contribution in [-0.2, 0) is 39.0 Å². The molecule has 0 bridgehead atoms. The number of aliphatic hydroxyl groups excluding tert-OH is 1. The van der Waals surface area contributed by atoms with Crippen molar-refractivity contribution in [3.8, 4) is 11.5 Å². The summed E-state index contributed by atoms with van der Waals surface area (Å²) >= 11 is 0. The highest BCUT2D eigenvalue weighted by Gasteiger charge is 2.56. The Hall–Kier alpha value is -4.26. The molecular weight excluding hydrogens is 655 g/mol. The predicted molar refractivity (Wildman–Crippen MR) is 192 cm³/mol. The second-order valence-corrected chi connectivity index (χ2v) is 14.5. The van der Waals surface area contributed by atoms with Crippen molar-refractivity contribution in [3.05, 3.63) is 126 Å². The first-order valence-corrected chi connectivity index (χ1v) is 18.4. The van der Waals surface area contributed by atoms with Crippen LogP contribution in [0, 0.1) is 5.92 Å². The van der Waals surface area contributed by atoms with Gasteiger partial charge in [0.15, 0.2) is 0 Å². The van der Waals surface area contributed by atoms with Crippen molar-refractivity contribution in [2.45, 2.75) is 55.4 Å². The van der Waals surface area contributed by atoms with Gasteiger partial charge in [-0.3, -0.25) is 4.79 Å². The van der Waals surface area contributed by atoms with E-state index in [2.05, 4.69) is 10.1 Å². The van der Waals surface area contributed by atoms with Crippen LogP contribution in [0.2, 0.25) is 0 Å². The topological polar surface area (TPSA) is 140 Å². The largest absolute Gasteiger partial charge is 0.491 e. The van der Waals surface area contributed by atoms with Crippen LogP contribution in [0.1, 0.15) is 36.0 Å². The van der Waals surface area contributed by atoms with E-state index in [1.165, 1.54) is 11.4 Å². The molecular formula is C39H47N3O7S. The molecule has 0 saturated carbocycles. The fraction of sp³-hybridized carbons (Fsp3) is 0.359. The van der Waals surface area contributed by atoms with Crippen molar-refractivity contribution < 1.29 is 32.5 Å². The Kier molecular flexibility index (Phi) is 13.0. The average molecular weight is 702 g/mol. The third-order valence-corrected chi connectivity index (χ3v) is 10.9. The normalized spacial score (nSPS) is 18.2. The number of hydrogen-bond acceptors (Lipinski definition) is 9. The molecule has 10 nitrogen and oxygen atoms in total. The molecule has 0 spiro atoms. The van der Waals surface area contributed by atoms with E-state index in [1.807, 2.05) is 66.7 Å². The summed E-state index contributed by atoms with van der Waals surface area (Å²) in [4.78, 5) is 11.4. The molecule has 266 valence electrons. The first-order valence-electron chi connectivity index (χ1n) is 17.0. The van der Waals surface area contributed by atoms with Crippen LogP contribution in [-0.4, -0.2) is 68.9 Å². The molecule has 1 aliphatic rings. The molecule has 3 atom stereocenters. The smallest absolute Gasteiger partial charge is 0.319 e. The number of rotatable bonds is 19. The Bertz CT molecular complexity index is 1760. The lowest BCUT2D eigenvalue weighted by molar-refractivity contribution is -0.139. The van der Waals surface area contributed by atoms with E-state index >= 15 is 0 Å². The Morgan fingerprint density at radius 1 is 0.900 bits per heavy atom. The Morgan fingerprint density at radius 3 is 2.22 bits per heavy atom. The number of unbranched alkanes of at least 4 members (excludes halogenated alkanes) is 1. The van der Waals surface area contributed by atoms with E-state index in [0.29, 0.717) is 37.5 Å². The summed E-state index contributed by atoms with van der Waals surface area (Å²) in [6, 6.07) is 33.8. The molecule has 0 aromatic heterocycles. The molecule has 4 aromatic rings. The number of aliphatic hydroxyl groups is 1. The van der Waals surface area contributed by atoms with Crippen molar-refractivity contribution in [1.82, 2.24) is 9.62 Å². The van der Waals surface area contributed by atoms with Gasteiger partial charge >= 0.3 is 5.97 Å². The van der Waals surface area contributed by atoms with Gasteiger partial charge in [0.25, 0.3) is 0 Å². The third-order valence-electron chi connectivity index (χ3n) is 9.01. The number of nitrogens with two attached hydrogens (primary N) is 1. The lowest BCUT2D eigenvalue weighted by Gasteiger charge is -2.56. The molecule has 1 saturated heterocycles. The number of esters is 1. The number of nitrogens with one attached hydrogen (secondary N) is 1. The van der Waals surface area contributed by atoms with E-state index < -0.39 is 21.8 Å². The lowest BCUT2D eigenvalue weighted by Crippen LogP contribution is -2.75. The highest BCUT2D eigenvalue weighted by molar-refractivity contribution is 7.89. The van der Waals surface area contributed by atoms with Crippen LogP contribution in [0.4, 0.5) is 0 Å². The van der Waals surface area contributed by atoms with Crippen LogP contribution in [0.25, 0.3) is 0 Å². The molecule has 4 aromatic carbocycles. The molecule has 0 radical (unpaired) electrons. The van der Waals surface area contributed by atoms with Gasteiger partial charge in [0.05, 0.1) is 30.3 Å². The van der Waals surface area contributed by atoms with Gasteiger partial charge < -0.3 is 30.4 Å². The van der Waals surface area contributed by atoms with E-state index in [1.54, 1.807) is 42.5 Å². The predicted octanol–water partition coefficient (Wildman–Crippen LogP) is 4.70. The monoisotopic (exact) mass is 701 g/mol. The number of benzene rings is 4. The summed E-state index contributed by atoms with van der Waals surface area (Å²) in [5, 5.41) is 14.2. The molecule has 1 heterocycles. The summed E-state index contributed by atoms with van der Waals surface area (Å²) < 4.78 is 45.9. The number of methoxy groups -OCH3 is 1. The van der Waals surface area contributed by atoms with E-state index in [-0.39, 0.29) is 42.9 Å². The Morgan fingerprint density at radius 2 is 1.54 bits per heavy atom. The number of carbonyl (C=O) groups is 1. The molecule has 3 unspecified atom stereocenters.